The van der Waals surface area contributed by atoms with E-state index >= 15 is 0 Å². The Balaban J connectivity index is 1.79. The van der Waals surface area contributed by atoms with Crippen LogP contribution in [0.3, 0.4) is 0 Å². The van der Waals surface area contributed by atoms with Crippen molar-refractivity contribution in [2.24, 2.45) is 0 Å². The number of halogens is 1. The van der Waals surface area contributed by atoms with Gasteiger partial charge in [0, 0.05) is 42.8 Å². The number of ether oxygens (including phenoxy) is 2. The number of hydrogen-bond acceptors (Lipinski definition) is 6. The van der Waals surface area contributed by atoms with Crippen molar-refractivity contribution < 1.29 is 22.7 Å². The van der Waals surface area contributed by atoms with Crippen LogP contribution >= 0.6 is 23.4 Å². The van der Waals surface area contributed by atoms with Crippen molar-refractivity contribution >= 4 is 39.3 Å². The molecular weight excluding hydrogens is 448 g/mol. The van der Waals surface area contributed by atoms with Gasteiger partial charge in [0.2, 0.25) is 10.0 Å². The zero-order valence-corrected chi connectivity index (χ0v) is 19.1. The zero-order valence-electron chi connectivity index (χ0n) is 16.7. The van der Waals surface area contributed by atoms with Crippen LogP contribution in [0.15, 0.2) is 41.3 Å². The van der Waals surface area contributed by atoms with Gasteiger partial charge in [-0.2, -0.15) is 16.1 Å². The van der Waals surface area contributed by atoms with Gasteiger partial charge in [-0.15, -0.1) is 0 Å². The second-order valence-electron chi connectivity index (χ2n) is 6.52. The van der Waals surface area contributed by atoms with Crippen molar-refractivity contribution in [3.05, 3.63) is 52.5 Å². The molecule has 1 fully saturated rings. The van der Waals surface area contributed by atoms with E-state index in [-0.39, 0.29) is 22.0 Å². The van der Waals surface area contributed by atoms with E-state index in [4.69, 9.17) is 21.1 Å². The van der Waals surface area contributed by atoms with Gasteiger partial charge in [0.15, 0.2) is 0 Å². The molecule has 0 aliphatic carbocycles. The van der Waals surface area contributed by atoms with E-state index in [0.717, 1.165) is 17.1 Å². The molecule has 1 amide bonds. The molecule has 1 N–H and O–H groups in total. The molecule has 7 nitrogen and oxygen atoms in total. The summed E-state index contributed by atoms with van der Waals surface area (Å²) in [6.07, 6.45) is 0. The van der Waals surface area contributed by atoms with Gasteiger partial charge in [-0.05, 0) is 30.3 Å². The Morgan fingerprint density at radius 2 is 1.87 bits per heavy atom. The first kappa shape index (κ1) is 22.7. The molecule has 0 radical (unpaired) electrons. The van der Waals surface area contributed by atoms with Gasteiger partial charge in [-0.1, -0.05) is 11.6 Å². The Bertz CT molecular complexity index is 1020. The van der Waals surface area contributed by atoms with Crippen LogP contribution in [-0.2, 0) is 16.6 Å². The van der Waals surface area contributed by atoms with Crippen molar-refractivity contribution in [2.45, 2.75) is 11.4 Å². The molecule has 1 saturated heterocycles. The molecule has 2 aromatic rings. The molecule has 30 heavy (non-hydrogen) atoms. The summed E-state index contributed by atoms with van der Waals surface area (Å²) in [6, 6.07) is 9.48. The summed E-state index contributed by atoms with van der Waals surface area (Å²) in [4.78, 5) is 12.8. The summed E-state index contributed by atoms with van der Waals surface area (Å²) in [5.74, 6) is 2.25. The second-order valence-corrected chi connectivity index (χ2v) is 10.1. The minimum atomic E-state index is -3.67. The number of sulfonamides is 1. The van der Waals surface area contributed by atoms with Crippen LogP contribution in [0.25, 0.3) is 0 Å². The maximum atomic E-state index is 12.9. The average Bonchev–Trinajstić information content (AvgIpc) is 2.78. The van der Waals surface area contributed by atoms with Crippen molar-refractivity contribution in [1.82, 2.24) is 9.62 Å². The Morgan fingerprint density at radius 1 is 1.13 bits per heavy atom. The molecular formula is C20H23ClN2O5S2. The first-order valence-corrected chi connectivity index (χ1v) is 12.2. The standard InChI is InChI=1S/C20H23ClN2O5S2/c1-27-15-4-3-14(19(11-15)28-2)13-22-20(24)17-12-16(5-6-18(17)21)30(25,26)23-7-9-29-10-8-23/h3-6,11-12H,7-10,13H2,1-2H3,(H,22,24). The number of carbonyl (C=O) groups excluding carboxylic acids is 1. The van der Waals surface area contributed by atoms with Crippen LogP contribution < -0.4 is 14.8 Å². The molecule has 0 aromatic heterocycles. The molecule has 162 valence electrons. The number of amides is 1. The van der Waals surface area contributed by atoms with E-state index in [0.29, 0.717) is 24.6 Å². The Morgan fingerprint density at radius 3 is 2.53 bits per heavy atom. The molecule has 0 spiro atoms. The summed E-state index contributed by atoms with van der Waals surface area (Å²) in [5.41, 5.74) is 0.856. The van der Waals surface area contributed by atoms with Gasteiger partial charge < -0.3 is 14.8 Å². The number of thioether (sulfide) groups is 1. The highest BCUT2D eigenvalue weighted by Gasteiger charge is 2.27. The normalized spacial score (nSPS) is 14.9. The Labute approximate surface area is 185 Å². The fourth-order valence-electron chi connectivity index (χ4n) is 3.04. The zero-order chi connectivity index (χ0) is 21.7. The molecule has 10 heteroatoms. The predicted octanol–water partition coefficient (Wildman–Crippen LogP) is 3.02. The van der Waals surface area contributed by atoms with E-state index in [1.165, 1.54) is 29.6 Å². The van der Waals surface area contributed by atoms with Crippen molar-refractivity contribution in [1.29, 1.82) is 0 Å². The Kier molecular flexibility index (Phi) is 7.51. The SMILES string of the molecule is COc1ccc(CNC(=O)c2cc(S(=O)(=O)N3CCSCC3)ccc2Cl)c(OC)c1. The third kappa shape index (κ3) is 5.03. The molecule has 0 unspecified atom stereocenters. The fraction of sp³-hybridized carbons (Fsp3) is 0.350. The van der Waals surface area contributed by atoms with Crippen LogP contribution in [0.4, 0.5) is 0 Å². The van der Waals surface area contributed by atoms with E-state index in [1.807, 2.05) is 0 Å². The van der Waals surface area contributed by atoms with Crippen LogP contribution in [0.2, 0.25) is 5.02 Å². The second kappa shape index (κ2) is 9.91. The number of rotatable bonds is 7. The first-order valence-electron chi connectivity index (χ1n) is 9.23. The van der Waals surface area contributed by atoms with E-state index in [2.05, 4.69) is 5.32 Å². The molecule has 0 atom stereocenters. The minimum Gasteiger partial charge on any atom is -0.497 e. The minimum absolute atomic E-state index is 0.0611. The topological polar surface area (TPSA) is 84.9 Å². The maximum Gasteiger partial charge on any atom is 0.253 e. The van der Waals surface area contributed by atoms with Crippen molar-refractivity contribution in [3.8, 4) is 11.5 Å². The van der Waals surface area contributed by atoms with Crippen LogP contribution in [-0.4, -0.2) is 57.4 Å². The van der Waals surface area contributed by atoms with Crippen LogP contribution in [0.1, 0.15) is 15.9 Å². The number of methoxy groups -OCH3 is 2. The number of nitrogens with zero attached hydrogens (tertiary/aromatic N) is 1. The van der Waals surface area contributed by atoms with Crippen molar-refractivity contribution in [3.63, 3.8) is 0 Å². The number of carbonyl (C=O) groups is 1. The first-order chi connectivity index (χ1) is 14.4. The van der Waals surface area contributed by atoms with Crippen molar-refractivity contribution in [2.75, 3.05) is 38.8 Å². The number of nitrogens with one attached hydrogen (secondary N) is 1. The van der Waals surface area contributed by atoms with E-state index < -0.39 is 15.9 Å². The van der Waals surface area contributed by atoms with Gasteiger partial charge in [-0.25, -0.2) is 8.42 Å². The van der Waals surface area contributed by atoms with E-state index in [1.54, 1.807) is 37.1 Å². The summed E-state index contributed by atoms with van der Waals surface area (Å²) in [5, 5.41) is 2.95. The molecule has 1 aliphatic heterocycles. The van der Waals surface area contributed by atoms with Crippen LogP contribution in [0, 0.1) is 0 Å². The third-order valence-corrected chi connectivity index (χ3v) is 7.89. The molecule has 2 aromatic carbocycles. The summed E-state index contributed by atoms with van der Waals surface area (Å²) < 4.78 is 37.8. The van der Waals surface area contributed by atoms with Gasteiger partial charge >= 0.3 is 0 Å². The monoisotopic (exact) mass is 470 g/mol. The smallest absolute Gasteiger partial charge is 0.253 e. The van der Waals surface area contributed by atoms with Gasteiger partial charge in [0.05, 0.1) is 29.7 Å². The van der Waals surface area contributed by atoms with Gasteiger partial charge in [-0.3, -0.25) is 4.79 Å². The van der Waals surface area contributed by atoms with Crippen LogP contribution in [0.5, 0.6) is 11.5 Å². The van der Waals surface area contributed by atoms with Gasteiger partial charge in [0.25, 0.3) is 5.91 Å². The highest BCUT2D eigenvalue weighted by Crippen LogP contribution is 2.26. The van der Waals surface area contributed by atoms with Gasteiger partial charge in [0.1, 0.15) is 11.5 Å². The molecule has 1 heterocycles. The molecule has 3 rings (SSSR count). The molecule has 1 aliphatic rings. The maximum absolute atomic E-state index is 12.9. The summed E-state index contributed by atoms with van der Waals surface area (Å²) in [6.45, 7) is 1.09. The summed E-state index contributed by atoms with van der Waals surface area (Å²) >= 11 is 7.91. The quantitative estimate of drug-likeness (QED) is 0.669. The average molecular weight is 471 g/mol. The largest absolute Gasteiger partial charge is 0.497 e. The Hall–Kier alpha value is -1.94. The summed E-state index contributed by atoms with van der Waals surface area (Å²) in [7, 11) is -0.583. The van der Waals surface area contributed by atoms with E-state index in [9.17, 15) is 13.2 Å². The lowest BCUT2D eigenvalue weighted by Crippen LogP contribution is -2.38. The number of benzene rings is 2. The molecule has 0 bridgehead atoms. The highest BCUT2D eigenvalue weighted by molar-refractivity contribution is 7.99. The highest BCUT2D eigenvalue weighted by atomic mass is 35.5. The number of hydrogen-bond donors (Lipinski definition) is 1. The lowest BCUT2D eigenvalue weighted by molar-refractivity contribution is 0.0950. The fourth-order valence-corrected chi connectivity index (χ4v) is 5.85. The third-order valence-electron chi connectivity index (χ3n) is 4.72. The lowest BCUT2D eigenvalue weighted by atomic mass is 10.1. The predicted molar refractivity (Wildman–Crippen MR) is 118 cm³/mol. The molecule has 0 saturated carbocycles. The lowest BCUT2D eigenvalue weighted by Gasteiger charge is -2.25.